The van der Waals surface area contributed by atoms with E-state index in [1.807, 2.05) is 11.3 Å². The fraction of sp³-hybridized carbons (Fsp3) is 0.0667. The van der Waals surface area contributed by atoms with Crippen LogP contribution in [0.4, 0.5) is 17.1 Å². The third kappa shape index (κ3) is 3.89. The summed E-state index contributed by atoms with van der Waals surface area (Å²) in [6.07, 6.45) is 0. The molecule has 0 aliphatic heterocycles. The monoisotopic (exact) mass is 617 g/mol. The summed E-state index contributed by atoms with van der Waals surface area (Å²) in [6.45, 7) is 4.70. The van der Waals surface area contributed by atoms with Gasteiger partial charge in [0.1, 0.15) is 0 Å². The zero-order chi connectivity index (χ0) is 31.3. The molecule has 0 radical (unpaired) electrons. The number of hydrogen-bond acceptors (Lipinski definition) is 2. The van der Waals surface area contributed by atoms with Crippen molar-refractivity contribution in [1.29, 1.82) is 0 Å². The van der Waals surface area contributed by atoms with Gasteiger partial charge in [-0.1, -0.05) is 123 Å². The van der Waals surface area contributed by atoms with Crippen molar-refractivity contribution in [3.8, 4) is 11.1 Å². The van der Waals surface area contributed by atoms with Crippen molar-refractivity contribution in [3.63, 3.8) is 0 Å². The lowest BCUT2D eigenvalue weighted by molar-refractivity contribution is 0.660. The Hall–Kier alpha value is -5.44. The molecule has 0 spiro atoms. The first-order valence-electron chi connectivity index (χ1n) is 16.3. The van der Waals surface area contributed by atoms with Gasteiger partial charge in [-0.2, -0.15) is 0 Å². The average Bonchev–Trinajstić information content (AvgIpc) is 3.60. The van der Waals surface area contributed by atoms with Crippen molar-refractivity contribution < 1.29 is 0 Å². The van der Waals surface area contributed by atoms with Gasteiger partial charge in [-0.05, 0) is 91.6 Å². The molecule has 1 aromatic heterocycles. The van der Waals surface area contributed by atoms with Gasteiger partial charge in [-0.15, -0.1) is 11.3 Å². The second-order valence-corrected chi connectivity index (χ2v) is 14.4. The fourth-order valence-corrected chi connectivity index (χ4v) is 9.31. The summed E-state index contributed by atoms with van der Waals surface area (Å²) in [5.41, 5.74) is 8.91. The van der Waals surface area contributed by atoms with E-state index < -0.39 is 0 Å². The topological polar surface area (TPSA) is 3.24 Å². The highest BCUT2D eigenvalue weighted by Crippen LogP contribution is 2.51. The van der Waals surface area contributed by atoms with Gasteiger partial charge in [0, 0.05) is 48.0 Å². The molecule has 0 N–H and O–H groups in total. The van der Waals surface area contributed by atoms with Crippen LogP contribution in [0.2, 0.25) is 0 Å². The van der Waals surface area contributed by atoms with Gasteiger partial charge in [0.05, 0.1) is 0 Å². The first-order chi connectivity index (χ1) is 23.0. The number of fused-ring (bicyclic) bond motifs is 11. The fourth-order valence-electron chi connectivity index (χ4n) is 8.06. The van der Waals surface area contributed by atoms with Gasteiger partial charge >= 0.3 is 0 Å². The Morgan fingerprint density at radius 3 is 2.00 bits per heavy atom. The van der Waals surface area contributed by atoms with Gasteiger partial charge in [-0.25, -0.2) is 0 Å². The number of thiophene rings is 1. The van der Waals surface area contributed by atoms with Crippen LogP contribution in [-0.4, -0.2) is 0 Å². The molecule has 0 saturated carbocycles. The average molecular weight is 618 g/mol. The lowest BCUT2D eigenvalue weighted by Gasteiger charge is -2.27. The zero-order valence-electron chi connectivity index (χ0n) is 26.3. The van der Waals surface area contributed by atoms with E-state index in [4.69, 9.17) is 0 Å². The lowest BCUT2D eigenvalue weighted by atomic mass is 9.82. The Bertz CT molecular complexity index is 2730. The van der Waals surface area contributed by atoms with Crippen molar-refractivity contribution in [2.75, 3.05) is 4.90 Å². The molecule has 47 heavy (non-hydrogen) atoms. The second kappa shape index (κ2) is 9.78. The number of rotatable bonds is 3. The Morgan fingerprint density at radius 2 is 1.09 bits per heavy atom. The molecule has 0 fully saturated rings. The van der Waals surface area contributed by atoms with Gasteiger partial charge in [0.2, 0.25) is 0 Å². The summed E-state index contributed by atoms with van der Waals surface area (Å²) in [7, 11) is 0. The largest absolute Gasteiger partial charge is 0.310 e. The van der Waals surface area contributed by atoms with Crippen LogP contribution < -0.4 is 4.90 Å². The highest BCUT2D eigenvalue weighted by atomic mass is 32.1. The summed E-state index contributed by atoms with van der Waals surface area (Å²) < 4.78 is 2.67. The van der Waals surface area contributed by atoms with E-state index in [1.54, 1.807) is 0 Å². The highest BCUT2D eigenvalue weighted by Gasteiger charge is 2.35. The third-order valence-corrected chi connectivity index (χ3v) is 11.6. The molecule has 10 rings (SSSR count). The molecule has 8 aromatic carbocycles. The molecule has 1 nitrogen and oxygen atoms in total. The van der Waals surface area contributed by atoms with Gasteiger partial charge in [0.25, 0.3) is 0 Å². The van der Waals surface area contributed by atoms with E-state index in [0.717, 1.165) is 11.4 Å². The predicted molar refractivity (Wildman–Crippen MR) is 204 cm³/mol. The number of anilines is 3. The Balaban J connectivity index is 1.22. The molecule has 2 heteroatoms. The summed E-state index contributed by atoms with van der Waals surface area (Å²) in [4.78, 5) is 2.44. The van der Waals surface area contributed by atoms with Crippen LogP contribution in [0.3, 0.4) is 0 Å². The summed E-state index contributed by atoms with van der Waals surface area (Å²) in [5, 5.41) is 10.4. The molecular formula is C45H31NS. The van der Waals surface area contributed by atoms with Crippen molar-refractivity contribution in [3.05, 3.63) is 163 Å². The summed E-state index contributed by atoms with van der Waals surface area (Å²) in [5.74, 6) is 0. The second-order valence-electron chi connectivity index (χ2n) is 13.4. The Morgan fingerprint density at radius 1 is 0.447 bits per heavy atom. The van der Waals surface area contributed by atoms with Gasteiger partial charge in [0.15, 0.2) is 0 Å². The smallest absolute Gasteiger partial charge is 0.0468 e. The molecule has 0 unspecified atom stereocenters. The van der Waals surface area contributed by atoms with E-state index in [1.165, 1.54) is 80.4 Å². The first kappa shape index (κ1) is 26.7. The zero-order valence-corrected chi connectivity index (χ0v) is 27.1. The summed E-state index contributed by atoms with van der Waals surface area (Å²) in [6, 6.07) is 56.4. The van der Waals surface area contributed by atoms with Crippen molar-refractivity contribution in [2.24, 2.45) is 0 Å². The minimum Gasteiger partial charge on any atom is -0.310 e. The van der Waals surface area contributed by atoms with Crippen molar-refractivity contribution in [1.82, 2.24) is 0 Å². The molecule has 1 heterocycles. The molecule has 0 amide bonds. The minimum absolute atomic E-state index is 0.0281. The SMILES string of the molecule is CC1(C)c2ccccc2-c2cc(N(c3ccc4ccccc4c3)c3ccc4sc5c(ccc6ccc7ccccc7c65)c4c3)ccc21. The molecule has 222 valence electrons. The predicted octanol–water partition coefficient (Wildman–Crippen LogP) is 13.3. The van der Waals surface area contributed by atoms with Crippen LogP contribution in [-0.2, 0) is 5.41 Å². The van der Waals surface area contributed by atoms with Crippen molar-refractivity contribution in [2.45, 2.75) is 19.3 Å². The lowest BCUT2D eigenvalue weighted by Crippen LogP contribution is -2.15. The normalized spacial score (nSPS) is 13.5. The van der Waals surface area contributed by atoms with E-state index in [-0.39, 0.29) is 5.41 Å². The third-order valence-electron chi connectivity index (χ3n) is 10.4. The van der Waals surface area contributed by atoms with Gasteiger partial charge < -0.3 is 4.90 Å². The van der Waals surface area contributed by atoms with E-state index in [0.29, 0.717) is 0 Å². The molecular weight excluding hydrogens is 587 g/mol. The molecule has 9 aromatic rings. The highest BCUT2D eigenvalue weighted by molar-refractivity contribution is 7.26. The van der Waals surface area contributed by atoms with Crippen LogP contribution in [0, 0.1) is 0 Å². The molecule has 0 atom stereocenters. The van der Waals surface area contributed by atoms with Gasteiger partial charge in [-0.3, -0.25) is 0 Å². The summed E-state index contributed by atoms with van der Waals surface area (Å²) >= 11 is 1.91. The maximum atomic E-state index is 2.44. The number of nitrogens with zero attached hydrogens (tertiary/aromatic N) is 1. The van der Waals surface area contributed by atoms with E-state index in [2.05, 4.69) is 170 Å². The minimum atomic E-state index is -0.0281. The maximum Gasteiger partial charge on any atom is 0.0468 e. The molecule has 1 aliphatic carbocycles. The maximum absolute atomic E-state index is 2.44. The van der Waals surface area contributed by atoms with Crippen LogP contribution in [0.15, 0.2) is 152 Å². The standard InChI is InChI=1S/C45H31NS/c1-45(2)40-14-8-7-13-36(40)38-26-33(20-23-41(38)45)46(32-19-17-28-9-3-4-11-31(28)25-32)34-21-24-42-39(27-34)37-22-18-30-16-15-29-10-5-6-12-35(29)43(30)44(37)47-42/h3-27H,1-2H3. The number of hydrogen-bond donors (Lipinski definition) is 0. The van der Waals surface area contributed by atoms with Crippen LogP contribution in [0.5, 0.6) is 0 Å². The Labute approximate surface area is 278 Å². The molecule has 0 bridgehead atoms. The molecule has 0 saturated heterocycles. The Kier molecular flexibility index (Phi) is 5.57. The molecule has 1 aliphatic rings. The van der Waals surface area contributed by atoms with Crippen LogP contribution >= 0.6 is 11.3 Å². The van der Waals surface area contributed by atoms with Crippen LogP contribution in [0.25, 0.3) is 63.6 Å². The quantitative estimate of drug-likeness (QED) is 0.178. The van der Waals surface area contributed by atoms with Crippen LogP contribution in [0.1, 0.15) is 25.0 Å². The number of benzene rings is 8. The van der Waals surface area contributed by atoms with Crippen molar-refractivity contribution >= 4 is 80.9 Å². The van der Waals surface area contributed by atoms with E-state index in [9.17, 15) is 0 Å². The van der Waals surface area contributed by atoms with E-state index >= 15 is 0 Å². The first-order valence-corrected chi connectivity index (χ1v) is 17.2.